The van der Waals surface area contributed by atoms with E-state index < -0.39 is 17.9 Å². The Morgan fingerprint density at radius 2 is 1.89 bits per heavy atom. The van der Waals surface area contributed by atoms with Crippen LogP contribution >= 0.6 is 0 Å². The van der Waals surface area contributed by atoms with Crippen LogP contribution in [0, 0.1) is 13.8 Å². The number of hydrogen-bond donors (Lipinski definition) is 1. The smallest absolute Gasteiger partial charge is 0.331 e. The summed E-state index contributed by atoms with van der Waals surface area (Å²) in [5.41, 5.74) is 2.69. The molecule has 1 N–H and O–H groups in total. The molecule has 1 unspecified atom stereocenters. The van der Waals surface area contributed by atoms with E-state index in [-0.39, 0.29) is 18.3 Å². The van der Waals surface area contributed by atoms with Crippen molar-refractivity contribution in [1.82, 2.24) is 4.98 Å². The van der Waals surface area contributed by atoms with Crippen molar-refractivity contribution < 1.29 is 28.6 Å². The van der Waals surface area contributed by atoms with Gasteiger partial charge in [-0.05, 0) is 57.0 Å². The summed E-state index contributed by atoms with van der Waals surface area (Å²) in [6.07, 6.45) is 1.82. The molecule has 1 atom stereocenters. The van der Waals surface area contributed by atoms with Gasteiger partial charge in [-0.3, -0.25) is 9.59 Å². The number of aromatic amines is 1. The van der Waals surface area contributed by atoms with Crippen LogP contribution in [0.1, 0.15) is 51.5 Å². The summed E-state index contributed by atoms with van der Waals surface area (Å²) in [5, 5.41) is 0. The molecule has 146 valence electrons. The van der Waals surface area contributed by atoms with E-state index in [0.29, 0.717) is 28.3 Å². The van der Waals surface area contributed by atoms with Gasteiger partial charge in [0, 0.05) is 17.3 Å². The molecule has 0 spiro atoms. The largest absolute Gasteiger partial charge is 0.454 e. The summed E-state index contributed by atoms with van der Waals surface area (Å²) in [4.78, 5) is 39.3. The number of rotatable bonds is 6. The maximum Gasteiger partial charge on any atom is 0.331 e. The molecule has 0 radical (unpaired) electrons. The Morgan fingerprint density at radius 1 is 1.18 bits per heavy atom. The molecule has 1 aromatic heterocycles. The highest BCUT2D eigenvalue weighted by Gasteiger charge is 2.25. The minimum atomic E-state index is -0.995. The molecule has 2 aromatic rings. The van der Waals surface area contributed by atoms with Crippen LogP contribution in [-0.2, 0) is 9.53 Å². The van der Waals surface area contributed by atoms with E-state index in [9.17, 15) is 14.4 Å². The van der Waals surface area contributed by atoms with Gasteiger partial charge < -0.3 is 19.2 Å². The van der Waals surface area contributed by atoms with E-state index in [4.69, 9.17) is 14.2 Å². The number of carbonyl (C=O) groups excluding carboxylic acids is 3. The van der Waals surface area contributed by atoms with Crippen LogP contribution in [-0.4, -0.2) is 35.4 Å². The number of ether oxygens (including phenoxy) is 3. The number of esters is 1. The molecule has 28 heavy (non-hydrogen) atoms. The molecule has 0 bridgehead atoms. The molecule has 2 heterocycles. The fourth-order valence-corrected chi connectivity index (χ4v) is 3.18. The molecule has 1 aliphatic rings. The summed E-state index contributed by atoms with van der Waals surface area (Å²) in [5.74, 6) is 0.101. The van der Waals surface area contributed by atoms with E-state index in [2.05, 4.69) is 4.98 Å². The SMILES string of the molecule is CC(=O)c1c(C)[nH]c(C(=O)C(C)OC(=O)/C=C/c2ccc3c(c2)OCO3)c1C. The first-order chi connectivity index (χ1) is 13.3. The minimum Gasteiger partial charge on any atom is -0.454 e. The molecule has 0 aliphatic carbocycles. The maximum atomic E-state index is 12.6. The molecule has 0 saturated carbocycles. The zero-order valence-corrected chi connectivity index (χ0v) is 16.1. The van der Waals surface area contributed by atoms with Gasteiger partial charge >= 0.3 is 5.97 Å². The highest BCUT2D eigenvalue weighted by atomic mass is 16.7. The van der Waals surface area contributed by atoms with Crippen molar-refractivity contribution in [3.05, 3.63) is 52.4 Å². The van der Waals surface area contributed by atoms with Crippen molar-refractivity contribution in [1.29, 1.82) is 0 Å². The second kappa shape index (κ2) is 7.72. The van der Waals surface area contributed by atoms with E-state index in [1.807, 2.05) is 0 Å². The van der Waals surface area contributed by atoms with Gasteiger partial charge in [-0.15, -0.1) is 0 Å². The Bertz CT molecular complexity index is 985. The van der Waals surface area contributed by atoms with Gasteiger partial charge in [0.1, 0.15) is 0 Å². The lowest BCUT2D eigenvalue weighted by Crippen LogP contribution is -2.24. The molecule has 0 amide bonds. The molecule has 7 heteroatoms. The van der Waals surface area contributed by atoms with Crippen molar-refractivity contribution in [2.24, 2.45) is 0 Å². The number of aryl methyl sites for hydroxylation is 1. The fourth-order valence-electron chi connectivity index (χ4n) is 3.18. The number of hydrogen-bond acceptors (Lipinski definition) is 6. The Hall–Kier alpha value is -3.35. The van der Waals surface area contributed by atoms with E-state index in [1.54, 1.807) is 38.1 Å². The highest BCUT2D eigenvalue weighted by Crippen LogP contribution is 2.32. The maximum absolute atomic E-state index is 12.6. The van der Waals surface area contributed by atoms with Crippen LogP contribution in [0.3, 0.4) is 0 Å². The molecule has 0 saturated heterocycles. The monoisotopic (exact) mass is 383 g/mol. The predicted molar refractivity (Wildman–Crippen MR) is 102 cm³/mol. The lowest BCUT2D eigenvalue weighted by molar-refractivity contribution is -0.140. The van der Waals surface area contributed by atoms with Gasteiger partial charge in [-0.2, -0.15) is 0 Å². The summed E-state index contributed by atoms with van der Waals surface area (Å²) in [6.45, 7) is 6.54. The normalized spacial score (nSPS) is 13.6. The van der Waals surface area contributed by atoms with Gasteiger partial charge in [-0.25, -0.2) is 4.79 Å². The molecule has 7 nitrogen and oxygen atoms in total. The van der Waals surface area contributed by atoms with Crippen LogP contribution in [0.5, 0.6) is 11.5 Å². The van der Waals surface area contributed by atoms with E-state index in [1.165, 1.54) is 19.9 Å². The summed E-state index contributed by atoms with van der Waals surface area (Å²) in [6, 6.07) is 5.28. The van der Waals surface area contributed by atoms with Gasteiger partial charge in [0.05, 0.1) is 5.69 Å². The average molecular weight is 383 g/mol. The number of ketones is 2. The van der Waals surface area contributed by atoms with Crippen molar-refractivity contribution in [2.75, 3.05) is 6.79 Å². The zero-order chi connectivity index (χ0) is 20.4. The lowest BCUT2D eigenvalue weighted by Gasteiger charge is -2.10. The standard InChI is InChI=1S/C21H21NO6/c1-11-19(13(3)23)12(2)22-20(11)21(25)14(4)28-18(24)8-6-15-5-7-16-17(9-15)27-10-26-16/h5-9,14,22H,10H2,1-4H3/b8-6+. The number of H-pyrrole nitrogens is 1. The minimum absolute atomic E-state index is 0.124. The van der Waals surface area contributed by atoms with Crippen LogP contribution in [0.2, 0.25) is 0 Å². The highest BCUT2D eigenvalue weighted by molar-refractivity contribution is 6.05. The summed E-state index contributed by atoms with van der Waals surface area (Å²) >= 11 is 0. The number of fused-ring (bicyclic) bond motifs is 1. The second-order valence-corrected chi connectivity index (χ2v) is 6.57. The van der Waals surface area contributed by atoms with Crippen molar-refractivity contribution >= 4 is 23.6 Å². The third-order valence-electron chi connectivity index (χ3n) is 4.51. The first-order valence-corrected chi connectivity index (χ1v) is 8.80. The number of carbonyl (C=O) groups is 3. The second-order valence-electron chi connectivity index (χ2n) is 6.57. The summed E-state index contributed by atoms with van der Waals surface area (Å²) < 4.78 is 15.7. The number of benzene rings is 1. The van der Waals surface area contributed by atoms with Crippen LogP contribution in [0.4, 0.5) is 0 Å². The molecule has 1 aliphatic heterocycles. The van der Waals surface area contributed by atoms with E-state index >= 15 is 0 Å². The number of aromatic nitrogens is 1. The van der Waals surface area contributed by atoms with Crippen LogP contribution < -0.4 is 9.47 Å². The molecule has 1 aromatic carbocycles. The predicted octanol–water partition coefficient (Wildman–Crippen LogP) is 3.39. The average Bonchev–Trinajstić information content (AvgIpc) is 3.22. The topological polar surface area (TPSA) is 94.7 Å². The van der Waals surface area contributed by atoms with Gasteiger partial charge in [0.15, 0.2) is 23.4 Å². The van der Waals surface area contributed by atoms with Gasteiger partial charge in [0.25, 0.3) is 0 Å². The molecular formula is C21H21NO6. The Kier molecular flexibility index (Phi) is 5.35. The lowest BCUT2D eigenvalue weighted by atomic mass is 10.0. The van der Waals surface area contributed by atoms with E-state index in [0.717, 1.165) is 5.56 Å². The van der Waals surface area contributed by atoms with Crippen LogP contribution in [0.15, 0.2) is 24.3 Å². The van der Waals surface area contributed by atoms with Crippen molar-refractivity contribution in [3.63, 3.8) is 0 Å². The summed E-state index contributed by atoms with van der Waals surface area (Å²) in [7, 11) is 0. The Labute approximate surface area is 162 Å². The quantitative estimate of drug-likeness (QED) is 0.467. The van der Waals surface area contributed by atoms with Gasteiger partial charge in [0.2, 0.25) is 12.6 Å². The zero-order valence-electron chi connectivity index (χ0n) is 16.1. The third kappa shape index (κ3) is 3.83. The number of Topliss-reactive ketones (excluding diaryl/α,β-unsaturated/α-hetero) is 2. The van der Waals surface area contributed by atoms with Crippen molar-refractivity contribution in [3.8, 4) is 11.5 Å². The first kappa shape index (κ1) is 19.4. The third-order valence-corrected chi connectivity index (χ3v) is 4.51. The van der Waals surface area contributed by atoms with Crippen LogP contribution in [0.25, 0.3) is 6.08 Å². The number of nitrogens with one attached hydrogen (secondary N) is 1. The fraction of sp³-hybridized carbons (Fsp3) is 0.286. The van der Waals surface area contributed by atoms with Gasteiger partial charge in [-0.1, -0.05) is 6.07 Å². The molecule has 0 fully saturated rings. The Morgan fingerprint density at radius 3 is 2.57 bits per heavy atom. The molecular weight excluding hydrogens is 362 g/mol. The van der Waals surface area contributed by atoms with Crippen molar-refractivity contribution in [2.45, 2.75) is 33.8 Å². The Balaban J connectivity index is 1.66. The first-order valence-electron chi connectivity index (χ1n) is 8.80. The molecule has 3 rings (SSSR count).